The van der Waals surface area contributed by atoms with Crippen molar-refractivity contribution >= 4 is 5.78 Å². The lowest BCUT2D eigenvalue weighted by atomic mass is 9.77. The molecule has 0 spiro atoms. The number of aryl methyl sites for hydroxylation is 2. The molecule has 0 aromatic heterocycles. The predicted molar refractivity (Wildman–Crippen MR) is 108 cm³/mol. The molecule has 1 fully saturated rings. The first-order valence-electron chi connectivity index (χ1n) is 10.5. The summed E-state index contributed by atoms with van der Waals surface area (Å²) in [5.41, 5.74) is 9.69. The molecule has 0 saturated heterocycles. The summed E-state index contributed by atoms with van der Waals surface area (Å²) in [5.74, 6) is 1.49. The molecule has 146 valence electrons. The van der Waals surface area contributed by atoms with E-state index in [1.54, 1.807) is 0 Å². The highest BCUT2D eigenvalue weighted by molar-refractivity contribution is 5.78. The van der Waals surface area contributed by atoms with Crippen LogP contribution < -0.4 is 5.73 Å². The van der Waals surface area contributed by atoms with Gasteiger partial charge in [-0.3, -0.25) is 4.79 Å². The third-order valence-electron chi connectivity index (χ3n) is 5.78. The molecule has 3 N–H and O–H groups in total. The molecule has 0 aliphatic heterocycles. The Labute approximate surface area is 159 Å². The minimum atomic E-state index is -0.149. The van der Waals surface area contributed by atoms with Crippen LogP contribution in [0.1, 0.15) is 75.5 Å². The van der Waals surface area contributed by atoms with Crippen molar-refractivity contribution in [2.75, 3.05) is 6.54 Å². The molecule has 0 heterocycles. The van der Waals surface area contributed by atoms with E-state index in [1.165, 1.54) is 23.1 Å². The average Bonchev–Trinajstić information content (AvgIpc) is 2.60. The maximum Gasteiger partial charge on any atom is 0.132 e. The van der Waals surface area contributed by atoms with Crippen molar-refractivity contribution in [2.45, 2.75) is 84.2 Å². The molecular formula is C23H37NO2. The maximum absolute atomic E-state index is 11.8. The van der Waals surface area contributed by atoms with Crippen molar-refractivity contribution in [3.8, 4) is 0 Å². The van der Waals surface area contributed by atoms with Crippen LogP contribution in [0.2, 0.25) is 0 Å². The van der Waals surface area contributed by atoms with Crippen LogP contribution in [0.25, 0.3) is 0 Å². The van der Waals surface area contributed by atoms with Crippen LogP contribution in [-0.4, -0.2) is 23.5 Å². The summed E-state index contributed by atoms with van der Waals surface area (Å²) in [6, 6.07) is 6.84. The monoisotopic (exact) mass is 359 g/mol. The zero-order valence-corrected chi connectivity index (χ0v) is 16.7. The van der Waals surface area contributed by atoms with Gasteiger partial charge in [0.25, 0.3) is 0 Å². The van der Waals surface area contributed by atoms with Crippen LogP contribution in [0.15, 0.2) is 18.2 Å². The molecule has 1 aliphatic carbocycles. The Balaban J connectivity index is 2.09. The largest absolute Gasteiger partial charge is 0.393 e. The van der Waals surface area contributed by atoms with Crippen LogP contribution in [0.5, 0.6) is 0 Å². The summed E-state index contributed by atoms with van der Waals surface area (Å²) in [5, 5.41) is 10.1. The Kier molecular flexibility index (Phi) is 8.80. The molecule has 3 heteroatoms. The quantitative estimate of drug-likeness (QED) is 0.615. The van der Waals surface area contributed by atoms with E-state index in [4.69, 9.17) is 5.73 Å². The van der Waals surface area contributed by atoms with E-state index in [0.29, 0.717) is 30.5 Å². The van der Waals surface area contributed by atoms with Gasteiger partial charge in [0.1, 0.15) is 5.78 Å². The van der Waals surface area contributed by atoms with E-state index in [0.717, 1.165) is 51.5 Å². The van der Waals surface area contributed by atoms with Crippen LogP contribution in [-0.2, 0) is 24.1 Å². The number of ketones is 1. The van der Waals surface area contributed by atoms with Crippen molar-refractivity contribution in [3.63, 3.8) is 0 Å². The van der Waals surface area contributed by atoms with E-state index in [9.17, 15) is 9.90 Å². The van der Waals surface area contributed by atoms with Crippen molar-refractivity contribution < 1.29 is 9.90 Å². The van der Waals surface area contributed by atoms with E-state index in [2.05, 4.69) is 25.1 Å². The average molecular weight is 360 g/mol. The van der Waals surface area contributed by atoms with Crippen molar-refractivity contribution in [3.05, 3.63) is 34.9 Å². The van der Waals surface area contributed by atoms with Gasteiger partial charge in [0.2, 0.25) is 0 Å². The number of carbonyl (C=O) groups excluding carboxylic acids is 1. The third kappa shape index (κ3) is 6.85. The molecule has 0 bridgehead atoms. The lowest BCUT2D eigenvalue weighted by molar-refractivity contribution is -0.118. The molecule has 2 rings (SSSR count). The summed E-state index contributed by atoms with van der Waals surface area (Å²) in [6.45, 7) is 4.94. The first-order valence-corrected chi connectivity index (χ1v) is 10.5. The number of hydrogen-bond donors (Lipinski definition) is 2. The van der Waals surface area contributed by atoms with Crippen molar-refractivity contribution in [1.29, 1.82) is 0 Å². The minimum Gasteiger partial charge on any atom is -0.393 e. The van der Waals surface area contributed by atoms with Crippen LogP contribution >= 0.6 is 0 Å². The highest BCUT2D eigenvalue weighted by atomic mass is 16.3. The van der Waals surface area contributed by atoms with Crippen molar-refractivity contribution in [1.82, 2.24) is 0 Å². The molecule has 1 aliphatic rings. The lowest BCUT2D eigenvalue weighted by Gasteiger charge is -2.31. The highest BCUT2D eigenvalue weighted by Gasteiger charge is 2.25. The van der Waals surface area contributed by atoms with Gasteiger partial charge in [-0.1, -0.05) is 32.0 Å². The van der Waals surface area contributed by atoms with E-state index < -0.39 is 0 Å². The van der Waals surface area contributed by atoms with Gasteiger partial charge in [-0.2, -0.15) is 0 Å². The van der Waals surface area contributed by atoms with Gasteiger partial charge >= 0.3 is 0 Å². The Hall–Kier alpha value is -1.19. The topological polar surface area (TPSA) is 63.3 Å². The number of Topliss-reactive ketones (excluding diaryl/α,β-unsaturated/α-hetero) is 1. The van der Waals surface area contributed by atoms with Crippen LogP contribution in [0.3, 0.4) is 0 Å². The standard InChI is InChI=1S/C23H37NO2/c1-3-22(25)10-9-21-14-18(6-4-5-11-24)7-8-20(21)15-19-12-17(2)13-23(26)16-19/h7-8,14,17,19,23,26H,3-6,9-13,15-16,24H2,1-2H3. The summed E-state index contributed by atoms with van der Waals surface area (Å²) < 4.78 is 0. The molecule has 3 unspecified atom stereocenters. The normalized spacial score (nSPS) is 23.2. The summed E-state index contributed by atoms with van der Waals surface area (Å²) in [4.78, 5) is 11.8. The fraction of sp³-hybridized carbons (Fsp3) is 0.696. The zero-order valence-electron chi connectivity index (χ0n) is 16.7. The smallest absolute Gasteiger partial charge is 0.132 e. The molecule has 0 radical (unpaired) electrons. The molecule has 3 atom stereocenters. The number of aliphatic hydroxyl groups excluding tert-OH is 1. The number of unbranched alkanes of at least 4 members (excludes halogenated alkanes) is 1. The second kappa shape index (κ2) is 10.8. The highest BCUT2D eigenvalue weighted by Crippen LogP contribution is 2.32. The van der Waals surface area contributed by atoms with Gasteiger partial charge in [-0.25, -0.2) is 0 Å². The van der Waals surface area contributed by atoms with Gasteiger partial charge in [-0.15, -0.1) is 0 Å². The maximum atomic E-state index is 11.8. The van der Waals surface area contributed by atoms with E-state index in [-0.39, 0.29) is 6.10 Å². The van der Waals surface area contributed by atoms with Crippen molar-refractivity contribution in [2.24, 2.45) is 17.6 Å². The van der Waals surface area contributed by atoms with E-state index >= 15 is 0 Å². The lowest BCUT2D eigenvalue weighted by Crippen LogP contribution is -2.26. The molecule has 0 amide bonds. The fourth-order valence-electron chi connectivity index (χ4n) is 4.38. The Morgan fingerprint density at radius 2 is 1.96 bits per heavy atom. The number of nitrogens with two attached hydrogens (primary N) is 1. The van der Waals surface area contributed by atoms with E-state index in [1.807, 2.05) is 6.92 Å². The van der Waals surface area contributed by atoms with Gasteiger partial charge in [0.15, 0.2) is 0 Å². The summed E-state index contributed by atoms with van der Waals surface area (Å²) >= 11 is 0. The van der Waals surface area contributed by atoms with Gasteiger partial charge < -0.3 is 10.8 Å². The third-order valence-corrected chi connectivity index (χ3v) is 5.78. The minimum absolute atomic E-state index is 0.149. The zero-order chi connectivity index (χ0) is 18.9. The summed E-state index contributed by atoms with van der Waals surface area (Å²) in [6.07, 6.45) is 9.27. The first-order chi connectivity index (χ1) is 12.5. The number of carbonyl (C=O) groups is 1. The Morgan fingerprint density at radius 3 is 2.65 bits per heavy atom. The molecule has 3 nitrogen and oxygen atoms in total. The summed E-state index contributed by atoms with van der Waals surface area (Å²) in [7, 11) is 0. The van der Waals surface area contributed by atoms with Gasteiger partial charge in [0, 0.05) is 12.8 Å². The molecule has 1 saturated carbocycles. The Morgan fingerprint density at radius 1 is 1.15 bits per heavy atom. The van der Waals surface area contributed by atoms with Crippen LogP contribution in [0, 0.1) is 11.8 Å². The molecule has 1 aromatic carbocycles. The SMILES string of the molecule is CCC(=O)CCc1cc(CCCCN)ccc1CC1CC(C)CC(O)C1. The number of hydrogen-bond acceptors (Lipinski definition) is 3. The van der Waals surface area contributed by atoms with Crippen LogP contribution in [0.4, 0.5) is 0 Å². The predicted octanol–water partition coefficient (Wildman–Crippen LogP) is 4.22. The number of rotatable bonds is 10. The molecular weight excluding hydrogens is 322 g/mol. The number of benzene rings is 1. The second-order valence-electron chi connectivity index (χ2n) is 8.28. The first kappa shape index (κ1) is 21.1. The number of aliphatic hydroxyl groups is 1. The second-order valence-corrected chi connectivity index (χ2v) is 8.28. The fourth-order valence-corrected chi connectivity index (χ4v) is 4.38. The van der Waals surface area contributed by atoms with Gasteiger partial charge in [-0.05, 0) is 86.4 Å². The Bertz CT molecular complexity index is 559. The molecule has 26 heavy (non-hydrogen) atoms. The molecule has 1 aromatic rings. The van der Waals surface area contributed by atoms with Gasteiger partial charge in [0.05, 0.1) is 6.10 Å².